The largest absolute Gasteiger partial charge is 0.458 e. The third-order valence-electron chi connectivity index (χ3n) is 2.46. The van der Waals surface area contributed by atoms with Crippen LogP contribution in [0, 0.1) is 13.8 Å². The summed E-state index contributed by atoms with van der Waals surface area (Å²) in [4.78, 5) is 21.4. The van der Waals surface area contributed by atoms with Crippen molar-refractivity contribution in [3.8, 4) is 0 Å². The molecule has 0 N–H and O–H groups in total. The van der Waals surface area contributed by atoms with Gasteiger partial charge in [-0.25, -0.2) is 0 Å². The Morgan fingerprint density at radius 3 is 1.59 bits per heavy atom. The second kappa shape index (κ2) is 5.52. The normalized spacial score (nSPS) is 10.1. The molecule has 5 heteroatoms. The van der Waals surface area contributed by atoms with Gasteiger partial charge in [-0.1, -0.05) is 0 Å². The Balaban J connectivity index is 2.76. The Kier molecular flexibility index (Phi) is 4.31. The highest BCUT2D eigenvalue weighted by Crippen LogP contribution is 2.22. The van der Waals surface area contributed by atoms with Gasteiger partial charge in [0, 0.05) is 13.8 Å². The molecule has 0 unspecified atom stereocenters. The van der Waals surface area contributed by atoms with Crippen LogP contribution < -0.4 is 0 Å². The summed E-state index contributed by atoms with van der Waals surface area (Å²) < 4.78 is 15.2. The number of hydrogen-bond acceptors (Lipinski definition) is 5. The van der Waals surface area contributed by atoms with E-state index in [0.717, 1.165) is 11.1 Å². The summed E-state index contributed by atoms with van der Waals surface area (Å²) in [6, 6.07) is 0. The maximum absolute atomic E-state index is 10.7. The van der Waals surface area contributed by atoms with E-state index in [9.17, 15) is 9.59 Å². The predicted molar refractivity (Wildman–Crippen MR) is 59.1 cm³/mol. The van der Waals surface area contributed by atoms with Gasteiger partial charge in [0.05, 0.1) is 0 Å². The monoisotopic (exact) mass is 240 g/mol. The maximum Gasteiger partial charge on any atom is 0.303 e. The average Bonchev–Trinajstić information content (AvgIpc) is 2.51. The van der Waals surface area contributed by atoms with E-state index in [4.69, 9.17) is 13.9 Å². The fourth-order valence-electron chi connectivity index (χ4n) is 1.33. The highest BCUT2D eigenvalue weighted by atomic mass is 16.5. The van der Waals surface area contributed by atoms with Crippen LogP contribution in [0.2, 0.25) is 0 Å². The molecular weight excluding hydrogens is 224 g/mol. The van der Waals surface area contributed by atoms with Crippen LogP contribution in [-0.4, -0.2) is 11.9 Å². The smallest absolute Gasteiger partial charge is 0.303 e. The Bertz CT molecular complexity index is 392. The number of ether oxygens (including phenoxy) is 2. The molecule has 0 aliphatic rings. The van der Waals surface area contributed by atoms with Crippen molar-refractivity contribution in [2.24, 2.45) is 0 Å². The quantitative estimate of drug-likeness (QED) is 0.753. The van der Waals surface area contributed by atoms with Crippen molar-refractivity contribution in [1.82, 2.24) is 0 Å². The van der Waals surface area contributed by atoms with E-state index in [1.165, 1.54) is 13.8 Å². The molecule has 0 aromatic carbocycles. The summed E-state index contributed by atoms with van der Waals surface area (Å²) in [6.07, 6.45) is 0. The minimum absolute atomic E-state index is 0.0993. The first-order valence-electron chi connectivity index (χ1n) is 5.26. The molecule has 0 radical (unpaired) electrons. The lowest BCUT2D eigenvalue weighted by Crippen LogP contribution is -1.99. The van der Waals surface area contributed by atoms with Crippen LogP contribution in [-0.2, 0) is 32.3 Å². The lowest BCUT2D eigenvalue weighted by molar-refractivity contribution is -0.143. The molecule has 5 nitrogen and oxygen atoms in total. The van der Waals surface area contributed by atoms with Crippen LogP contribution in [0.15, 0.2) is 4.42 Å². The fraction of sp³-hybridized carbons (Fsp3) is 0.500. The summed E-state index contributed by atoms with van der Waals surface area (Å²) in [6.45, 7) is 6.61. The first-order chi connectivity index (χ1) is 7.91. The zero-order chi connectivity index (χ0) is 13.0. The van der Waals surface area contributed by atoms with Gasteiger partial charge < -0.3 is 13.9 Å². The molecule has 0 fully saturated rings. The summed E-state index contributed by atoms with van der Waals surface area (Å²) in [5.41, 5.74) is 1.82. The first-order valence-corrected chi connectivity index (χ1v) is 5.26. The molecule has 1 aromatic heterocycles. The summed E-state index contributed by atoms with van der Waals surface area (Å²) in [7, 11) is 0. The maximum atomic E-state index is 10.7. The number of esters is 2. The highest BCUT2D eigenvalue weighted by molar-refractivity contribution is 5.66. The number of furan rings is 1. The molecule has 0 saturated heterocycles. The summed E-state index contributed by atoms with van der Waals surface area (Å²) in [5, 5.41) is 0. The minimum atomic E-state index is -0.361. The standard InChI is InChI=1S/C12H16O5/c1-7-8(2)12(6-16-10(4)14)17-11(7)5-15-9(3)13/h5-6H2,1-4H3. The zero-order valence-corrected chi connectivity index (χ0v) is 10.5. The third kappa shape index (κ3) is 3.62. The Morgan fingerprint density at radius 1 is 0.941 bits per heavy atom. The molecule has 1 heterocycles. The third-order valence-corrected chi connectivity index (χ3v) is 2.46. The van der Waals surface area contributed by atoms with E-state index in [1.807, 2.05) is 13.8 Å². The number of carbonyl (C=O) groups excluding carboxylic acids is 2. The van der Waals surface area contributed by atoms with Crippen LogP contribution in [0.4, 0.5) is 0 Å². The van der Waals surface area contributed by atoms with Gasteiger partial charge in [0.25, 0.3) is 0 Å². The van der Waals surface area contributed by atoms with E-state index in [2.05, 4.69) is 0 Å². The number of carbonyl (C=O) groups is 2. The van der Waals surface area contributed by atoms with Crippen molar-refractivity contribution in [2.45, 2.75) is 40.9 Å². The van der Waals surface area contributed by atoms with Crippen molar-refractivity contribution in [3.05, 3.63) is 22.6 Å². The van der Waals surface area contributed by atoms with Crippen LogP contribution in [0.1, 0.15) is 36.5 Å². The first kappa shape index (κ1) is 13.3. The molecule has 1 aromatic rings. The van der Waals surface area contributed by atoms with Gasteiger partial charge in [-0.2, -0.15) is 0 Å². The lowest BCUT2D eigenvalue weighted by atomic mass is 10.1. The van der Waals surface area contributed by atoms with E-state index in [1.54, 1.807) is 0 Å². The van der Waals surface area contributed by atoms with Gasteiger partial charge in [0.1, 0.15) is 24.7 Å². The van der Waals surface area contributed by atoms with Gasteiger partial charge in [0.2, 0.25) is 0 Å². The van der Waals surface area contributed by atoms with E-state index < -0.39 is 0 Å². The highest BCUT2D eigenvalue weighted by Gasteiger charge is 2.15. The van der Waals surface area contributed by atoms with E-state index >= 15 is 0 Å². The fourth-order valence-corrected chi connectivity index (χ4v) is 1.33. The van der Waals surface area contributed by atoms with Crippen LogP contribution in [0.25, 0.3) is 0 Å². The van der Waals surface area contributed by atoms with Gasteiger partial charge in [-0.05, 0) is 25.0 Å². The van der Waals surface area contributed by atoms with E-state index in [0.29, 0.717) is 11.5 Å². The van der Waals surface area contributed by atoms with Crippen LogP contribution in [0.3, 0.4) is 0 Å². The van der Waals surface area contributed by atoms with Crippen LogP contribution >= 0.6 is 0 Å². The molecule has 17 heavy (non-hydrogen) atoms. The second-order valence-corrected chi connectivity index (χ2v) is 3.76. The second-order valence-electron chi connectivity index (χ2n) is 3.76. The van der Waals surface area contributed by atoms with Crippen molar-refractivity contribution in [3.63, 3.8) is 0 Å². The molecule has 0 spiro atoms. The molecule has 1 rings (SSSR count). The summed E-state index contributed by atoms with van der Waals surface area (Å²) in [5.74, 6) is 0.444. The van der Waals surface area contributed by atoms with Crippen molar-refractivity contribution in [1.29, 1.82) is 0 Å². The average molecular weight is 240 g/mol. The van der Waals surface area contributed by atoms with Gasteiger partial charge in [-0.15, -0.1) is 0 Å². The predicted octanol–water partition coefficient (Wildman–Crippen LogP) is 2.02. The van der Waals surface area contributed by atoms with Gasteiger partial charge in [0.15, 0.2) is 0 Å². The minimum Gasteiger partial charge on any atom is -0.458 e. The summed E-state index contributed by atoms with van der Waals surface area (Å²) >= 11 is 0. The topological polar surface area (TPSA) is 65.7 Å². The molecule has 0 bridgehead atoms. The molecule has 0 aliphatic carbocycles. The molecule has 0 atom stereocenters. The van der Waals surface area contributed by atoms with Crippen LogP contribution in [0.5, 0.6) is 0 Å². The van der Waals surface area contributed by atoms with Crippen molar-refractivity contribution >= 4 is 11.9 Å². The lowest BCUT2D eigenvalue weighted by Gasteiger charge is -2.00. The Labute approximate surface area is 99.7 Å². The Hall–Kier alpha value is -1.78. The molecule has 0 amide bonds. The number of rotatable bonds is 4. The number of hydrogen-bond donors (Lipinski definition) is 0. The van der Waals surface area contributed by atoms with E-state index in [-0.39, 0.29) is 25.2 Å². The molecule has 0 aliphatic heterocycles. The SMILES string of the molecule is CC(=O)OCc1oc(COC(C)=O)c(C)c1C. The van der Waals surface area contributed by atoms with Crippen molar-refractivity contribution < 1.29 is 23.5 Å². The van der Waals surface area contributed by atoms with Crippen molar-refractivity contribution in [2.75, 3.05) is 0 Å². The molecular formula is C12H16O5. The Morgan fingerprint density at radius 2 is 1.29 bits per heavy atom. The molecule has 94 valence electrons. The van der Waals surface area contributed by atoms with Gasteiger partial charge in [-0.3, -0.25) is 9.59 Å². The zero-order valence-electron chi connectivity index (χ0n) is 10.5. The van der Waals surface area contributed by atoms with Gasteiger partial charge >= 0.3 is 11.9 Å². The molecule has 0 saturated carbocycles.